The molecule has 0 amide bonds. The molecule has 1 aromatic carbocycles. The average molecular weight is 550 g/mol. The lowest BCUT2D eigenvalue weighted by Gasteiger charge is -2.34. The number of benzene rings is 1. The van der Waals surface area contributed by atoms with Crippen LogP contribution in [0.15, 0.2) is 32.0 Å². The minimum absolute atomic E-state index is 0.0256. The minimum Gasteiger partial charge on any atom is -0.384 e. The van der Waals surface area contributed by atoms with Gasteiger partial charge >= 0.3 is 0 Å². The number of halogens is 2. The van der Waals surface area contributed by atoms with Gasteiger partial charge in [-0.05, 0) is 72.4 Å². The van der Waals surface area contributed by atoms with Gasteiger partial charge in [-0.15, -0.1) is 0 Å². The third-order valence-electron chi connectivity index (χ3n) is 5.63. The molecule has 1 aromatic rings. The third kappa shape index (κ3) is 5.93. The lowest BCUT2D eigenvalue weighted by Crippen LogP contribution is -2.42. The Bertz CT molecular complexity index is 854. The van der Waals surface area contributed by atoms with Gasteiger partial charge in [-0.2, -0.15) is 5.26 Å². The zero-order valence-electron chi connectivity index (χ0n) is 16.4. The maximum atomic E-state index is 12.9. The van der Waals surface area contributed by atoms with Crippen molar-refractivity contribution in [3.63, 3.8) is 0 Å². The van der Waals surface area contributed by atoms with Gasteiger partial charge in [0.15, 0.2) is 6.19 Å². The van der Waals surface area contributed by atoms with E-state index in [2.05, 4.69) is 47.7 Å². The highest BCUT2D eigenvalue weighted by Gasteiger charge is 2.36. The molecule has 10 heteroatoms. The van der Waals surface area contributed by atoms with Crippen molar-refractivity contribution in [2.75, 3.05) is 39.9 Å². The van der Waals surface area contributed by atoms with Crippen molar-refractivity contribution < 1.29 is 13.2 Å². The maximum Gasteiger partial charge on any atom is 0.242 e. The average Bonchev–Trinajstić information content (AvgIpc) is 3.06. The number of likely N-dealkylation sites (tertiary alicyclic amines) is 2. The van der Waals surface area contributed by atoms with E-state index < -0.39 is 10.0 Å². The summed E-state index contributed by atoms with van der Waals surface area (Å²) in [5.41, 5.74) is 0. The van der Waals surface area contributed by atoms with Gasteiger partial charge in [0.1, 0.15) is 0 Å². The number of hydrogen-bond acceptors (Lipinski definition) is 6. The van der Waals surface area contributed by atoms with E-state index in [9.17, 15) is 13.7 Å². The lowest BCUT2D eigenvalue weighted by molar-refractivity contribution is 0.0910. The first-order valence-corrected chi connectivity index (χ1v) is 12.7. The van der Waals surface area contributed by atoms with Crippen molar-refractivity contribution in [1.82, 2.24) is 14.5 Å². The zero-order valence-corrected chi connectivity index (χ0v) is 20.3. The van der Waals surface area contributed by atoms with Crippen LogP contribution in [0.1, 0.15) is 19.3 Å². The van der Waals surface area contributed by atoms with Crippen LogP contribution in [0.25, 0.3) is 0 Å². The second-order valence-corrected chi connectivity index (χ2v) is 11.2. The molecule has 0 spiro atoms. The number of rotatable bonds is 7. The van der Waals surface area contributed by atoms with Crippen LogP contribution in [-0.4, -0.2) is 70.2 Å². The first kappa shape index (κ1) is 23.0. The van der Waals surface area contributed by atoms with Crippen LogP contribution in [0, 0.1) is 17.4 Å². The molecule has 29 heavy (non-hydrogen) atoms. The van der Waals surface area contributed by atoms with Crippen LogP contribution in [0.2, 0.25) is 0 Å². The van der Waals surface area contributed by atoms with E-state index in [-0.39, 0.29) is 17.0 Å². The molecule has 1 N–H and O–H groups in total. The Morgan fingerprint density at radius 2 is 2.03 bits per heavy atom. The zero-order chi connectivity index (χ0) is 21.0. The normalized spacial score (nSPS) is 24.0. The van der Waals surface area contributed by atoms with Gasteiger partial charge in [-0.1, -0.05) is 15.9 Å². The van der Waals surface area contributed by atoms with Crippen LogP contribution in [0.4, 0.5) is 0 Å². The summed E-state index contributed by atoms with van der Waals surface area (Å²) in [6, 6.07) is 4.79. The quantitative estimate of drug-likeness (QED) is 0.526. The minimum atomic E-state index is -3.69. The Labute approximate surface area is 189 Å². The summed E-state index contributed by atoms with van der Waals surface area (Å²) in [5.74, 6) is 0.607. The van der Waals surface area contributed by atoms with Crippen LogP contribution in [0.5, 0.6) is 0 Å². The monoisotopic (exact) mass is 548 g/mol. The van der Waals surface area contributed by atoms with Gasteiger partial charge in [0, 0.05) is 41.8 Å². The van der Waals surface area contributed by atoms with E-state index in [1.54, 1.807) is 30.2 Å². The second-order valence-electron chi connectivity index (χ2n) is 7.73. The molecule has 0 aliphatic carbocycles. The molecule has 2 saturated heterocycles. The molecule has 7 nitrogen and oxygen atoms in total. The van der Waals surface area contributed by atoms with Gasteiger partial charge in [-0.25, -0.2) is 13.1 Å². The first-order valence-electron chi connectivity index (χ1n) is 9.67. The summed E-state index contributed by atoms with van der Waals surface area (Å²) in [7, 11) is -1.95. The number of nitrogens with one attached hydrogen (secondary N) is 1. The lowest BCUT2D eigenvalue weighted by atomic mass is 9.97. The number of ether oxygens (including phenoxy) is 1. The largest absolute Gasteiger partial charge is 0.384 e. The summed E-state index contributed by atoms with van der Waals surface area (Å²) in [5, 5.41) is 9.54. The standard InChI is InChI=1S/C19H26Br2N4O3S/c1-28-12-14-4-6-24(7-5-14)11-17-9-16(10-25(17)13-22)23-29(26,27)19-8-15(20)2-3-18(19)21/h2-3,8,14,16-17,23H,4-7,9-12H2,1H3. The summed E-state index contributed by atoms with van der Waals surface area (Å²) >= 11 is 6.64. The molecular formula is C19H26Br2N4O3S. The van der Waals surface area contributed by atoms with Crippen molar-refractivity contribution in [3.05, 3.63) is 27.1 Å². The van der Waals surface area contributed by atoms with Gasteiger partial charge < -0.3 is 14.5 Å². The van der Waals surface area contributed by atoms with E-state index >= 15 is 0 Å². The van der Waals surface area contributed by atoms with Crippen molar-refractivity contribution in [2.45, 2.75) is 36.2 Å². The molecule has 2 aliphatic heterocycles. The molecule has 2 unspecified atom stereocenters. The number of sulfonamides is 1. The van der Waals surface area contributed by atoms with E-state index in [0.717, 1.165) is 39.1 Å². The predicted molar refractivity (Wildman–Crippen MR) is 118 cm³/mol. The Kier molecular flexibility index (Phi) is 7.98. The maximum absolute atomic E-state index is 12.9. The highest BCUT2D eigenvalue weighted by molar-refractivity contribution is 9.11. The van der Waals surface area contributed by atoms with Crippen molar-refractivity contribution >= 4 is 41.9 Å². The summed E-state index contributed by atoms with van der Waals surface area (Å²) in [4.78, 5) is 4.28. The number of methoxy groups -OCH3 is 1. The SMILES string of the molecule is COCC1CCN(CC2CC(NS(=O)(=O)c3cc(Br)ccc3Br)CN2C#N)CC1. The molecule has 2 atom stereocenters. The van der Waals surface area contributed by atoms with Crippen LogP contribution in [-0.2, 0) is 14.8 Å². The summed E-state index contributed by atoms with van der Waals surface area (Å²) in [6.45, 7) is 3.96. The number of piperidine rings is 1. The van der Waals surface area contributed by atoms with Crippen LogP contribution < -0.4 is 4.72 Å². The number of nitrogens with zero attached hydrogens (tertiary/aromatic N) is 3. The summed E-state index contributed by atoms with van der Waals surface area (Å²) in [6.07, 6.45) is 5.06. The Balaban J connectivity index is 1.60. The van der Waals surface area contributed by atoms with E-state index in [1.807, 2.05) is 0 Å². The molecule has 2 fully saturated rings. The van der Waals surface area contributed by atoms with Crippen molar-refractivity contribution in [2.24, 2.45) is 5.92 Å². The van der Waals surface area contributed by atoms with Gasteiger partial charge in [-0.3, -0.25) is 0 Å². The summed E-state index contributed by atoms with van der Waals surface area (Å²) < 4.78 is 35.0. The van der Waals surface area contributed by atoms with Gasteiger partial charge in [0.2, 0.25) is 10.0 Å². The predicted octanol–water partition coefficient (Wildman–Crippen LogP) is 2.77. The molecule has 0 bridgehead atoms. The Morgan fingerprint density at radius 1 is 1.31 bits per heavy atom. The molecule has 0 radical (unpaired) electrons. The Morgan fingerprint density at radius 3 is 2.69 bits per heavy atom. The molecule has 0 aromatic heterocycles. The Hall–Kier alpha value is -0.700. The fourth-order valence-corrected chi connectivity index (χ4v) is 6.88. The highest BCUT2D eigenvalue weighted by atomic mass is 79.9. The second kappa shape index (κ2) is 10.1. The molecule has 2 heterocycles. The first-order chi connectivity index (χ1) is 13.8. The van der Waals surface area contributed by atoms with Crippen LogP contribution in [0.3, 0.4) is 0 Å². The smallest absolute Gasteiger partial charge is 0.242 e. The van der Waals surface area contributed by atoms with E-state index in [4.69, 9.17) is 4.74 Å². The molecule has 3 rings (SSSR count). The topological polar surface area (TPSA) is 85.7 Å². The molecule has 0 saturated carbocycles. The number of nitriles is 1. The molecule has 2 aliphatic rings. The van der Waals surface area contributed by atoms with Crippen molar-refractivity contribution in [3.8, 4) is 6.19 Å². The van der Waals surface area contributed by atoms with Gasteiger partial charge in [0.05, 0.1) is 10.9 Å². The number of hydrogen-bond donors (Lipinski definition) is 1. The van der Waals surface area contributed by atoms with E-state index in [1.165, 1.54) is 0 Å². The molecular weight excluding hydrogens is 524 g/mol. The fourth-order valence-electron chi connectivity index (χ4n) is 4.13. The van der Waals surface area contributed by atoms with Crippen molar-refractivity contribution in [1.29, 1.82) is 5.26 Å². The highest BCUT2D eigenvalue weighted by Crippen LogP contribution is 2.28. The fraction of sp³-hybridized carbons (Fsp3) is 0.632. The van der Waals surface area contributed by atoms with E-state index in [0.29, 0.717) is 27.8 Å². The third-order valence-corrected chi connectivity index (χ3v) is 8.63. The van der Waals surface area contributed by atoms with Gasteiger partial charge in [0.25, 0.3) is 0 Å². The molecule has 160 valence electrons. The van der Waals surface area contributed by atoms with Crippen LogP contribution >= 0.6 is 31.9 Å².